The number of carboxylic acid groups (broad SMARTS) is 1. The van der Waals surface area contributed by atoms with Gasteiger partial charge in [0, 0.05) is 6.54 Å². The Morgan fingerprint density at radius 2 is 2.05 bits per heavy atom. The first-order valence-electron chi connectivity index (χ1n) is 7.39. The van der Waals surface area contributed by atoms with Gasteiger partial charge in [0.15, 0.2) is 0 Å². The molecule has 1 aliphatic rings. The van der Waals surface area contributed by atoms with Crippen molar-refractivity contribution in [3.63, 3.8) is 0 Å². The summed E-state index contributed by atoms with van der Waals surface area (Å²) in [5, 5.41) is 12.2. The quantitative estimate of drug-likeness (QED) is 0.831. The van der Waals surface area contributed by atoms with E-state index in [1.807, 2.05) is 0 Å². The van der Waals surface area contributed by atoms with Crippen LogP contribution in [0.3, 0.4) is 0 Å². The molecule has 0 spiro atoms. The Morgan fingerprint density at radius 3 is 2.55 bits per heavy atom. The number of carbonyl (C=O) groups excluding carboxylic acids is 1. The first-order valence-corrected chi connectivity index (χ1v) is 7.39. The van der Waals surface area contributed by atoms with Crippen molar-refractivity contribution in [2.24, 2.45) is 11.3 Å². The van der Waals surface area contributed by atoms with Crippen molar-refractivity contribution in [1.29, 1.82) is 0 Å². The molecule has 0 bridgehead atoms. The lowest BCUT2D eigenvalue weighted by Crippen LogP contribution is -2.47. The van der Waals surface area contributed by atoms with Gasteiger partial charge in [0.25, 0.3) is 0 Å². The van der Waals surface area contributed by atoms with Crippen molar-refractivity contribution in [2.45, 2.75) is 65.4 Å². The van der Waals surface area contributed by atoms with E-state index in [1.165, 1.54) is 0 Å². The minimum absolute atomic E-state index is 0.147. The fourth-order valence-electron chi connectivity index (χ4n) is 2.82. The highest BCUT2D eigenvalue weighted by atomic mass is 16.6. The molecule has 1 rings (SSSR count). The van der Waals surface area contributed by atoms with Gasteiger partial charge in [0.05, 0.1) is 5.41 Å². The third kappa shape index (κ3) is 4.69. The van der Waals surface area contributed by atoms with Gasteiger partial charge in [-0.25, -0.2) is 4.79 Å². The van der Waals surface area contributed by atoms with Gasteiger partial charge < -0.3 is 15.2 Å². The van der Waals surface area contributed by atoms with Crippen LogP contribution in [0.5, 0.6) is 0 Å². The van der Waals surface area contributed by atoms with E-state index in [4.69, 9.17) is 4.74 Å². The summed E-state index contributed by atoms with van der Waals surface area (Å²) >= 11 is 0. The summed E-state index contributed by atoms with van der Waals surface area (Å²) in [7, 11) is 0. The second-order valence-electron chi connectivity index (χ2n) is 6.81. The van der Waals surface area contributed by atoms with Crippen molar-refractivity contribution in [3.05, 3.63) is 0 Å². The Kier molecular flexibility index (Phi) is 5.42. The fourth-order valence-corrected chi connectivity index (χ4v) is 2.82. The molecule has 1 fully saturated rings. The Balaban J connectivity index is 2.64. The van der Waals surface area contributed by atoms with E-state index in [0.29, 0.717) is 18.8 Å². The standard InChI is InChI=1S/C15H27NO4/c1-5-11-7-6-8-15(9-11,12(17)18)10-16-13(19)20-14(2,3)4/h11H,5-10H2,1-4H3,(H,16,19)(H,17,18). The van der Waals surface area contributed by atoms with Gasteiger partial charge in [-0.2, -0.15) is 0 Å². The zero-order valence-electron chi connectivity index (χ0n) is 13.0. The van der Waals surface area contributed by atoms with E-state index < -0.39 is 23.1 Å². The van der Waals surface area contributed by atoms with Crippen molar-refractivity contribution < 1.29 is 19.4 Å². The molecule has 0 heterocycles. The van der Waals surface area contributed by atoms with Crippen LogP contribution >= 0.6 is 0 Å². The van der Waals surface area contributed by atoms with Gasteiger partial charge in [-0.05, 0) is 39.5 Å². The summed E-state index contributed by atoms with van der Waals surface area (Å²) in [6, 6.07) is 0. The molecule has 0 aromatic heterocycles. The number of nitrogens with one attached hydrogen (secondary N) is 1. The first-order chi connectivity index (χ1) is 9.18. The zero-order valence-corrected chi connectivity index (χ0v) is 13.0. The Labute approximate surface area is 121 Å². The second kappa shape index (κ2) is 6.46. The highest BCUT2D eigenvalue weighted by Gasteiger charge is 2.42. The maximum atomic E-state index is 11.7. The lowest BCUT2D eigenvalue weighted by Gasteiger charge is -2.37. The van der Waals surface area contributed by atoms with E-state index in [1.54, 1.807) is 20.8 Å². The van der Waals surface area contributed by atoms with Gasteiger partial charge in [0.1, 0.15) is 5.60 Å². The number of ether oxygens (including phenoxy) is 1. The van der Waals surface area contributed by atoms with Crippen LogP contribution in [0.25, 0.3) is 0 Å². The Hall–Kier alpha value is -1.26. The smallest absolute Gasteiger partial charge is 0.407 e. The van der Waals surface area contributed by atoms with Gasteiger partial charge in [-0.3, -0.25) is 4.79 Å². The third-order valence-corrected chi connectivity index (χ3v) is 3.95. The Morgan fingerprint density at radius 1 is 1.40 bits per heavy atom. The number of amides is 1. The van der Waals surface area contributed by atoms with Crippen molar-refractivity contribution in [3.8, 4) is 0 Å². The minimum Gasteiger partial charge on any atom is -0.481 e. The Bertz CT molecular complexity index is 361. The zero-order chi connectivity index (χ0) is 15.4. The van der Waals surface area contributed by atoms with E-state index in [-0.39, 0.29) is 6.54 Å². The molecule has 0 aromatic rings. The molecule has 0 saturated heterocycles. The SMILES string of the molecule is CCC1CCCC(CNC(=O)OC(C)(C)C)(C(=O)O)C1. The average molecular weight is 285 g/mol. The predicted octanol–water partition coefficient (Wildman–Crippen LogP) is 3.18. The van der Waals surface area contributed by atoms with Crippen LogP contribution in [-0.2, 0) is 9.53 Å². The largest absolute Gasteiger partial charge is 0.481 e. The predicted molar refractivity (Wildman–Crippen MR) is 76.6 cm³/mol. The highest BCUT2D eigenvalue weighted by molar-refractivity contribution is 5.76. The van der Waals surface area contributed by atoms with Crippen LogP contribution in [-0.4, -0.2) is 29.3 Å². The summed E-state index contributed by atoms with van der Waals surface area (Å²) < 4.78 is 5.16. The molecule has 2 N–H and O–H groups in total. The molecular weight excluding hydrogens is 258 g/mol. The van der Waals surface area contributed by atoms with Crippen LogP contribution < -0.4 is 5.32 Å². The highest BCUT2D eigenvalue weighted by Crippen LogP contribution is 2.40. The summed E-state index contributed by atoms with van der Waals surface area (Å²) in [4.78, 5) is 23.3. The molecule has 1 saturated carbocycles. The van der Waals surface area contributed by atoms with E-state index >= 15 is 0 Å². The van der Waals surface area contributed by atoms with Crippen molar-refractivity contribution in [2.75, 3.05) is 6.54 Å². The van der Waals surface area contributed by atoms with E-state index in [9.17, 15) is 14.7 Å². The molecule has 5 nitrogen and oxygen atoms in total. The number of rotatable bonds is 4. The third-order valence-electron chi connectivity index (χ3n) is 3.95. The number of carbonyl (C=O) groups is 2. The summed E-state index contributed by atoms with van der Waals surface area (Å²) in [5.74, 6) is -0.382. The van der Waals surface area contributed by atoms with Gasteiger partial charge >= 0.3 is 12.1 Å². The number of aliphatic carboxylic acids is 1. The topological polar surface area (TPSA) is 75.6 Å². The number of hydrogen-bond donors (Lipinski definition) is 2. The van der Waals surface area contributed by atoms with Crippen LogP contribution in [0.15, 0.2) is 0 Å². The van der Waals surface area contributed by atoms with E-state index in [2.05, 4.69) is 12.2 Å². The van der Waals surface area contributed by atoms with Crippen LogP contribution in [0.2, 0.25) is 0 Å². The van der Waals surface area contributed by atoms with Gasteiger partial charge in [-0.15, -0.1) is 0 Å². The summed E-state index contributed by atoms with van der Waals surface area (Å²) in [6.45, 7) is 7.59. The van der Waals surface area contributed by atoms with Gasteiger partial charge in [-0.1, -0.05) is 26.2 Å². The monoisotopic (exact) mass is 285 g/mol. The van der Waals surface area contributed by atoms with Crippen LogP contribution in [0, 0.1) is 11.3 Å². The van der Waals surface area contributed by atoms with Crippen LogP contribution in [0.4, 0.5) is 4.79 Å². The molecular formula is C15H27NO4. The summed E-state index contributed by atoms with van der Waals surface area (Å²) in [5.41, 5.74) is -1.41. The molecule has 5 heteroatoms. The maximum Gasteiger partial charge on any atom is 0.407 e. The molecule has 0 aromatic carbocycles. The van der Waals surface area contributed by atoms with Gasteiger partial charge in [0.2, 0.25) is 0 Å². The van der Waals surface area contributed by atoms with Crippen LogP contribution in [0.1, 0.15) is 59.8 Å². The molecule has 0 aliphatic heterocycles. The number of hydrogen-bond acceptors (Lipinski definition) is 3. The fraction of sp³-hybridized carbons (Fsp3) is 0.867. The lowest BCUT2D eigenvalue weighted by atomic mass is 9.69. The number of carboxylic acids is 1. The molecule has 2 unspecified atom stereocenters. The molecule has 0 radical (unpaired) electrons. The number of alkyl carbamates (subject to hydrolysis) is 1. The normalized spacial score (nSPS) is 26.9. The van der Waals surface area contributed by atoms with Crippen molar-refractivity contribution in [1.82, 2.24) is 5.32 Å². The minimum atomic E-state index is -0.837. The average Bonchev–Trinajstić information content (AvgIpc) is 2.34. The first kappa shape index (κ1) is 16.8. The molecule has 2 atom stereocenters. The maximum absolute atomic E-state index is 11.7. The molecule has 1 amide bonds. The molecule has 116 valence electrons. The molecule has 1 aliphatic carbocycles. The summed E-state index contributed by atoms with van der Waals surface area (Å²) in [6.07, 6.45) is 3.68. The molecule has 20 heavy (non-hydrogen) atoms. The van der Waals surface area contributed by atoms with Crippen molar-refractivity contribution >= 4 is 12.1 Å². The van der Waals surface area contributed by atoms with E-state index in [0.717, 1.165) is 19.3 Å². The lowest BCUT2D eigenvalue weighted by molar-refractivity contribution is -0.151. The second-order valence-corrected chi connectivity index (χ2v) is 6.81.